The number of carbonyl (C=O) groups is 1. The molecular weight excluding hydrogens is 196 g/mol. The van der Waals surface area contributed by atoms with Crippen molar-refractivity contribution in [2.24, 2.45) is 5.73 Å². The summed E-state index contributed by atoms with van der Waals surface area (Å²) in [6, 6.07) is 4.94. The second-order valence-electron chi connectivity index (χ2n) is 3.14. The molecule has 0 saturated heterocycles. The minimum atomic E-state index is -1.22. The lowest BCUT2D eigenvalue weighted by molar-refractivity contribution is -0.125. The number of nitrogen functional groups attached to an aromatic ring is 2. The van der Waals surface area contributed by atoms with Gasteiger partial charge >= 0.3 is 0 Å². The number of nitrogens with two attached hydrogens (primary N) is 3. The minimum Gasteiger partial charge on any atom is -0.397 e. The molecule has 0 radical (unpaired) electrons. The summed E-state index contributed by atoms with van der Waals surface area (Å²) >= 11 is 0. The van der Waals surface area contributed by atoms with E-state index in [1.165, 1.54) is 0 Å². The highest BCUT2D eigenvalue weighted by atomic mass is 16.3. The molecule has 1 atom stereocenters. The summed E-state index contributed by atoms with van der Waals surface area (Å²) < 4.78 is 0. The number of hydrogen-bond donors (Lipinski definition) is 5. The molecule has 1 amide bonds. The molecule has 1 aromatic rings. The zero-order valence-electron chi connectivity index (χ0n) is 8.10. The second kappa shape index (κ2) is 4.52. The van der Waals surface area contributed by atoms with Crippen molar-refractivity contribution in [1.82, 2.24) is 0 Å². The molecule has 1 unspecified atom stereocenters. The van der Waals surface area contributed by atoms with Crippen molar-refractivity contribution in [2.45, 2.75) is 6.10 Å². The van der Waals surface area contributed by atoms with E-state index in [1.54, 1.807) is 18.2 Å². The summed E-state index contributed by atoms with van der Waals surface area (Å²) in [6.07, 6.45) is -1.22. The van der Waals surface area contributed by atoms with Crippen LogP contribution in [-0.2, 0) is 4.79 Å². The van der Waals surface area contributed by atoms with E-state index in [0.29, 0.717) is 17.1 Å². The molecule has 0 aliphatic rings. The molecule has 1 rings (SSSR count). The van der Waals surface area contributed by atoms with Crippen molar-refractivity contribution >= 4 is 23.0 Å². The molecule has 0 aliphatic heterocycles. The van der Waals surface area contributed by atoms with Gasteiger partial charge in [-0.2, -0.15) is 0 Å². The Morgan fingerprint density at radius 3 is 2.60 bits per heavy atom. The highest BCUT2D eigenvalue weighted by Crippen LogP contribution is 2.19. The fourth-order valence-corrected chi connectivity index (χ4v) is 1.000. The van der Waals surface area contributed by atoms with Crippen molar-refractivity contribution in [3.63, 3.8) is 0 Å². The van der Waals surface area contributed by atoms with Crippen LogP contribution in [0.5, 0.6) is 0 Å². The predicted octanol–water partition coefficient (Wildman–Crippen LogP) is -0.891. The van der Waals surface area contributed by atoms with E-state index in [4.69, 9.17) is 22.3 Å². The van der Waals surface area contributed by atoms with Crippen LogP contribution in [0.3, 0.4) is 0 Å². The molecule has 0 aromatic heterocycles. The third kappa shape index (κ3) is 3.03. The largest absolute Gasteiger partial charge is 0.397 e. The average Bonchev–Trinajstić information content (AvgIpc) is 2.19. The van der Waals surface area contributed by atoms with Crippen molar-refractivity contribution in [3.05, 3.63) is 18.2 Å². The molecule has 6 nitrogen and oxygen atoms in total. The number of hydrogen-bond acceptors (Lipinski definition) is 5. The van der Waals surface area contributed by atoms with Crippen molar-refractivity contribution in [3.8, 4) is 0 Å². The fraction of sp³-hybridized carbons (Fsp3) is 0.222. The molecule has 0 heterocycles. The van der Waals surface area contributed by atoms with Gasteiger partial charge in [-0.15, -0.1) is 0 Å². The molecule has 0 aliphatic carbocycles. The van der Waals surface area contributed by atoms with Gasteiger partial charge in [-0.1, -0.05) is 0 Å². The van der Waals surface area contributed by atoms with Gasteiger partial charge in [0.25, 0.3) is 0 Å². The molecule has 1 aromatic carbocycles. The van der Waals surface area contributed by atoms with Gasteiger partial charge in [-0.25, -0.2) is 0 Å². The van der Waals surface area contributed by atoms with Crippen LogP contribution >= 0.6 is 0 Å². The van der Waals surface area contributed by atoms with Crippen LogP contribution in [-0.4, -0.2) is 23.7 Å². The van der Waals surface area contributed by atoms with Crippen LogP contribution in [0.1, 0.15) is 0 Å². The topological polar surface area (TPSA) is 127 Å². The number of rotatable bonds is 4. The summed E-state index contributed by atoms with van der Waals surface area (Å²) in [4.78, 5) is 10.5. The standard InChI is InChI=1S/C9H14N4O2/c10-6-2-1-5(3-7(6)11)13-4-8(14)9(12)15/h1-3,8,13-14H,4,10-11H2,(H2,12,15). The quantitative estimate of drug-likeness (QED) is 0.412. The molecule has 6 heteroatoms. The number of aliphatic hydroxyl groups is 1. The third-order valence-corrected chi connectivity index (χ3v) is 1.91. The van der Waals surface area contributed by atoms with E-state index in [9.17, 15) is 4.79 Å². The molecule has 0 spiro atoms. The Kier molecular flexibility index (Phi) is 3.35. The summed E-state index contributed by atoms with van der Waals surface area (Å²) in [5.74, 6) is -0.772. The van der Waals surface area contributed by atoms with Gasteiger partial charge in [-0.05, 0) is 18.2 Å². The number of primary amides is 1. The lowest BCUT2D eigenvalue weighted by Crippen LogP contribution is -2.34. The number of amides is 1. The number of aliphatic hydroxyl groups excluding tert-OH is 1. The maximum absolute atomic E-state index is 10.5. The van der Waals surface area contributed by atoms with Crippen LogP contribution in [0.2, 0.25) is 0 Å². The summed E-state index contributed by atoms with van der Waals surface area (Å²) in [5.41, 5.74) is 17.6. The highest BCUT2D eigenvalue weighted by molar-refractivity contribution is 5.79. The number of carbonyl (C=O) groups excluding carboxylic acids is 1. The molecule has 82 valence electrons. The van der Waals surface area contributed by atoms with Crippen molar-refractivity contribution < 1.29 is 9.90 Å². The lowest BCUT2D eigenvalue weighted by Gasteiger charge is -2.10. The first-order valence-corrected chi connectivity index (χ1v) is 4.37. The van der Waals surface area contributed by atoms with Crippen LogP contribution in [0.25, 0.3) is 0 Å². The van der Waals surface area contributed by atoms with Gasteiger partial charge in [0.2, 0.25) is 5.91 Å². The van der Waals surface area contributed by atoms with Crippen LogP contribution in [0.4, 0.5) is 17.1 Å². The fourth-order valence-electron chi connectivity index (χ4n) is 1.000. The predicted molar refractivity (Wildman–Crippen MR) is 59.0 cm³/mol. The zero-order valence-corrected chi connectivity index (χ0v) is 8.10. The number of nitrogens with one attached hydrogen (secondary N) is 1. The van der Waals surface area contributed by atoms with Gasteiger partial charge in [0.1, 0.15) is 6.10 Å². The van der Waals surface area contributed by atoms with Crippen LogP contribution in [0, 0.1) is 0 Å². The first-order chi connectivity index (χ1) is 7.00. The first-order valence-electron chi connectivity index (χ1n) is 4.37. The van der Waals surface area contributed by atoms with Gasteiger partial charge in [0.05, 0.1) is 11.4 Å². The van der Waals surface area contributed by atoms with E-state index >= 15 is 0 Å². The Hall–Kier alpha value is -1.95. The summed E-state index contributed by atoms with van der Waals surface area (Å²) in [6.45, 7) is 0.0404. The Balaban J connectivity index is 2.58. The van der Waals surface area contributed by atoms with E-state index in [1.807, 2.05) is 0 Å². The van der Waals surface area contributed by atoms with Crippen molar-refractivity contribution in [1.29, 1.82) is 0 Å². The average molecular weight is 210 g/mol. The van der Waals surface area contributed by atoms with E-state index in [-0.39, 0.29) is 6.54 Å². The molecule has 0 fully saturated rings. The Labute approximate surface area is 87.1 Å². The summed E-state index contributed by atoms with van der Waals surface area (Å²) in [7, 11) is 0. The van der Waals surface area contributed by atoms with Crippen LogP contribution in [0.15, 0.2) is 18.2 Å². The van der Waals surface area contributed by atoms with E-state index in [0.717, 1.165) is 0 Å². The van der Waals surface area contributed by atoms with Crippen LogP contribution < -0.4 is 22.5 Å². The number of benzene rings is 1. The SMILES string of the molecule is NC(=O)C(O)CNc1ccc(N)c(N)c1. The minimum absolute atomic E-state index is 0.0404. The maximum Gasteiger partial charge on any atom is 0.248 e. The van der Waals surface area contributed by atoms with E-state index < -0.39 is 12.0 Å². The Morgan fingerprint density at radius 1 is 1.40 bits per heavy atom. The van der Waals surface area contributed by atoms with Gasteiger partial charge in [0.15, 0.2) is 0 Å². The normalized spacial score (nSPS) is 12.1. The Bertz CT molecular complexity index is 367. The smallest absolute Gasteiger partial charge is 0.248 e. The Morgan fingerprint density at radius 2 is 2.07 bits per heavy atom. The zero-order chi connectivity index (χ0) is 11.4. The third-order valence-electron chi connectivity index (χ3n) is 1.91. The van der Waals surface area contributed by atoms with E-state index in [2.05, 4.69) is 5.32 Å². The lowest BCUT2D eigenvalue weighted by atomic mass is 10.2. The molecule has 0 bridgehead atoms. The molecular formula is C9H14N4O2. The monoisotopic (exact) mass is 210 g/mol. The highest BCUT2D eigenvalue weighted by Gasteiger charge is 2.09. The second-order valence-corrected chi connectivity index (χ2v) is 3.14. The first kappa shape index (κ1) is 11.1. The van der Waals surface area contributed by atoms with Crippen molar-refractivity contribution in [2.75, 3.05) is 23.3 Å². The molecule has 8 N–H and O–H groups in total. The van der Waals surface area contributed by atoms with Gasteiger partial charge in [-0.3, -0.25) is 4.79 Å². The maximum atomic E-state index is 10.5. The molecule has 15 heavy (non-hydrogen) atoms. The van der Waals surface area contributed by atoms with Gasteiger partial charge in [0, 0.05) is 12.2 Å². The summed E-state index contributed by atoms with van der Waals surface area (Å²) in [5, 5.41) is 11.9. The number of anilines is 3. The van der Waals surface area contributed by atoms with Gasteiger partial charge < -0.3 is 27.6 Å². The molecule has 0 saturated carbocycles.